The lowest BCUT2D eigenvalue weighted by Crippen LogP contribution is -2.39. The first-order chi connectivity index (χ1) is 11.4. The minimum absolute atomic E-state index is 0.0247. The number of benzene rings is 1. The molecule has 0 bridgehead atoms. The number of fused-ring (bicyclic) bond motifs is 1. The van der Waals surface area contributed by atoms with Crippen molar-refractivity contribution in [2.24, 2.45) is 0 Å². The van der Waals surface area contributed by atoms with Crippen molar-refractivity contribution < 1.29 is 23.1 Å². The molecule has 0 amide bonds. The summed E-state index contributed by atoms with van der Waals surface area (Å²) in [6, 6.07) is 5.46. The van der Waals surface area contributed by atoms with Crippen molar-refractivity contribution in [2.75, 3.05) is 25.2 Å². The third kappa shape index (κ3) is 3.85. The second kappa shape index (κ2) is 6.66. The van der Waals surface area contributed by atoms with Gasteiger partial charge in [-0.3, -0.25) is 9.69 Å². The van der Waals surface area contributed by atoms with E-state index in [0.29, 0.717) is 18.2 Å². The molecule has 1 N–H and O–H groups in total. The molecular formula is C15H18N2O5S2. The van der Waals surface area contributed by atoms with E-state index < -0.39 is 15.8 Å². The average molecular weight is 370 g/mol. The highest BCUT2D eigenvalue weighted by Gasteiger charge is 2.33. The number of carboxylic acids is 1. The van der Waals surface area contributed by atoms with E-state index in [1.807, 2.05) is 18.2 Å². The number of aliphatic carboxylic acids is 1. The van der Waals surface area contributed by atoms with Crippen LogP contribution in [0, 0.1) is 0 Å². The Balaban J connectivity index is 1.82. The van der Waals surface area contributed by atoms with Crippen molar-refractivity contribution in [3.63, 3.8) is 0 Å². The van der Waals surface area contributed by atoms with Crippen LogP contribution in [0.4, 0.5) is 0 Å². The summed E-state index contributed by atoms with van der Waals surface area (Å²) in [6.45, 7) is 0.215. The van der Waals surface area contributed by atoms with Crippen LogP contribution in [0.5, 0.6) is 5.19 Å². The molecule has 9 heteroatoms. The molecule has 0 aliphatic carbocycles. The van der Waals surface area contributed by atoms with Gasteiger partial charge in [0, 0.05) is 12.6 Å². The standard InChI is InChI=1S/C15H18N2O5S2/c1-22-15-16-12-3-2-10(6-13(12)23-15)7-17(8-14(18)19)11-4-5-24(20,21)9-11/h2-3,6,11H,4-5,7-9H2,1H3,(H,18,19). The predicted octanol–water partition coefficient (Wildman–Crippen LogP) is 1.38. The zero-order chi connectivity index (χ0) is 17.3. The molecule has 1 aromatic carbocycles. The number of hydrogen-bond acceptors (Lipinski definition) is 7. The van der Waals surface area contributed by atoms with Crippen molar-refractivity contribution >= 4 is 37.4 Å². The number of rotatable bonds is 6. The van der Waals surface area contributed by atoms with Gasteiger partial charge in [-0.15, -0.1) is 0 Å². The number of ether oxygens (including phenoxy) is 1. The molecule has 0 saturated carbocycles. The van der Waals surface area contributed by atoms with Crippen LogP contribution in [0.2, 0.25) is 0 Å². The van der Waals surface area contributed by atoms with Crippen molar-refractivity contribution in [3.05, 3.63) is 23.8 Å². The van der Waals surface area contributed by atoms with E-state index >= 15 is 0 Å². The highest BCUT2D eigenvalue weighted by atomic mass is 32.2. The van der Waals surface area contributed by atoms with Crippen LogP contribution >= 0.6 is 11.3 Å². The Labute approximate surface area is 143 Å². The Kier molecular flexibility index (Phi) is 4.75. The van der Waals surface area contributed by atoms with Gasteiger partial charge in [-0.1, -0.05) is 17.4 Å². The lowest BCUT2D eigenvalue weighted by Gasteiger charge is -2.26. The summed E-state index contributed by atoms with van der Waals surface area (Å²) in [5.41, 5.74) is 1.76. The second-order valence-electron chi connectivity index (χ2n) is 5.84. The maximum atomic E-state index is 11.7. The monoisotopic (exact) mass is 370 g/mol. The molecule has 3 rings (SSSR count). The summed E-state index contributed by atoms with van der Waals surface area (Å²) in [4.78, 5) is 17.2. The summed E-state index contributed by atoms with van der Waals surface area (Å²) in [5.74, 6) is -0.810. The first kappa shape index (κ1) is 17.1. The SMILES string of the molecule is COc1nc2ccc(CN(CC(=O)O)C3CCS(=O)(=O)C3)cc2s1. The Hall–Kier alpha value is -1.71. The zero-order valence-electron chi connectivity index (χ0n) is 13.1. The smallest absolute Gasteiger partial charge is 0.317 e. The van der Waals surface area contributed by atoms with E-state index in [1.54, 1.807) is 12.0 Å². The Morgan fingerprint density at radius 1 is 1.50 bits per heavy atom. The molecule has 2 heterocycles. The van der Waals surface area contributed by atoms with Crippen LogP contribution in [0.25, 0.3) is 10.2 Å². The zero-order valence-corrected chi connectivity index (χ0v) is 14.8. The average Bonchev–Trinajstić information content (AvgIpc) is 3.08. The van der Waals surface area contributed by atoms with Crippen LogP contribution in [0.15, 0.2) is 18.2 Å². The Morgan fingerprint density at radius 2 is 2.29 bits per heavy atom. The predicted molar refractivity (Wildman–Crippen MR) is 91.3 cm³/mol. The molecule has 1 saturated heterocycles. The molecule has 1 atom stereocenters. The summed E-state index contributed by atoms with van der Waals surface area (Å²) in [7, 11) is -1.50. The van der Waals surface area contributed by atoms with Crippen molar-refractivity contribution in [3.8, 4) is 5.19 Å². The first-order valence-corrected chi connectivity index (χ1v) is 10.1. The molecule has 1 aliphatic rings. The summed E-state index contributed by atoms with van der Waals surface area (Å²) in [6.07, 6.45) is 0.478. The van der Waals surface area contributed by atoms with E-state index in [0.717, 1.165) is 15.8 Å². The molecule has 1 fully saturated rings. The van der Waals surface area contributed by atoms with Crippen molar-refractivity contribution in [1.82, 2.24) is 9.88 Å². The van der Waals surface area contributed by atoms with Gasteiger partial charge in [0.15, 0.2) is 9.84 Å². The largest absolute Gasteiger partial charge is 0.480 e. The second-order valence-corrected chi connectivity index (χ2v) is 9.06. The number of hydrogen-bond donors (Lipinski definition) is 1. The van der Waals surface area contributed by atoms with Crippen LogP contribution in [-0.2, 0) is 21.2 Å². The van der Waals surface area contributed by atoms with Crippen molar-refractivity contribution in [2.45, 2.75) is 19.0 Å². The fourth-order valence-electron chi connectivity index (χ4n) is 2.92. The quantitative estimate of drug-likeness (QED) is 0.820. The normalized spacial score (nSPS) is 19.8. The summed E-state index contributed by atoms with van der Waals surface area (Å²) < 4.78 is 29.5. The maximum absolute atomic E-state index is 11.7. The van der Waals surface area contributed by atoms with E-state index in [2.05, 4.69) is 4.98 Å². The van der Waals surface area contributed by atoms with Gasteiger partial charge in [0.05, 0.1) is 35.4 Å². The van der Waals surface area contributed by atoms with Gasteiger partial charge in [-0.25, -0.2) is 13.4 Å². The fourth-order valence-corrected chi connectivity index (χ4v) is 5.52. The number of thiazole rings is 1. The maximum Gasteiger partial charge on any atom is 0.317 e. The van der Waals surface area contributed by atoms with Gasteiger partial charge >= 0.3 is 5.97 Å². The fraction of sp³-hybridized carbons (Fsp3) is 0.467. The number of carboxylic acid groups (broad SMARTS) is 1. The number of nitrogens with zero attached hydrogens (tertiary/aromatic N) is 2. The minimum Gasteiger partial charge on any atom is -0.480 e. The molecule has 2 aromatic rings. The molecule has 0 spiro atoms. The number of aromatic nitrogens is 1. The van der Waals surface area contributed by atoms with Crippen LogP contribution < -0.4 is 4.74 Å². The Morgan fingerprint density at radius 3 is 2.92 bits per heavy atom. The number of carbonyl (C=O) groups is 1. The summed E-state index contributed by atoms with van der Waals surface area (Å²) in [5, 5.41) is 9.72. The molecule has 1 aliphatic heterocycles. The van der Waals surface area contributed by atoms with Gasteiger partial charge in [-0.2, -0.15) is 0 Å². The highest BCUT2D eigenvalue weighted by molar-refractivity contribution is 7.91. The van der Waals surface area contributed by atoms with Gasteiger partial charge in [0.1, 0.15) is 0 Å². The summed E-state index contributed by atoms with van der Waals surface area (Å²) >= 11 is 1.42. The van der Waals surface area contributed by atoms with Crippen LogP contribution in [0.1, 0.15) is 12.0 Å². The van der Waals surface area contributed by atoms with E-state index in [1.165, 1.54) is 11.3 Å². The lowest BCUT2D eigenvalue weighted by molar-refractivity contribution is -0.139. The Bertz CT molecular complexity index is 862. The van der Waals surface area contributed by atoms with E-state index in [-0.39, 0.29) is 24.1 Å². The van der Waals surface area contributed by atoms with Gasteiger partial charge in [0.2, 0.25) is 0 Å². The highest BCUT2D eigenvalue weighted by Crippen LogP contribution is 2.29. The molecule has 1 aromatic heterocycles. The van der Waals surface area contributed by atoms with E-state index in [9.17, 15) is 13.2 Å². The van der Waals surface area contributed by atoms with Crippen molar-refractivity contribution in [1.29, 1.82) is 0 Å². The molecule has 24 heavy (non-hydrogen) atoms. The number of methoxy groups -OCH3 is 1. The van der Waals surface area contributed by atoms with Crippen LogP contribution in [0.3, 0.4) is 0 Å². The van der Waals surface area contributed by atoms with E-state index in [4.69, 9.17) is 9.84 Å². The molecular weight excluding hydrogens is 352 g/mol. The molecule has 130 valence electrons. The van der Waals surface area contributed by atoms with Gasteiger partial charge in [0.25, 0.3) is 5.19 Å². The minimum atomic E-state index is -3.06. The van der Waals surface area contributed by atoms with Gasteiger partial charge in [-0.05, 0) is 24.1 Å². The first-order valence-electron chi connectivity index (χ1n) is 7.46. The topological polar surface area (TPSA) is 96.8 Å². The molecule has 7 nitrogen and oxygen atoms in total. The third-order valence-corrected chi connectivity index (χ3v) is 6.79. The molecule has 1 unspecified atom stereocenters. The van der Waals surface area contributed by atoms with Crippen LogP contribution in [-0.4, -0.2) is 60.6 Å². The van der Waals surface area contributed by atoms with Gasteiger partial charge < -0.3 is 9.84 Å². The number of sulfone groups is 1. The lowest BCUT2D eigenvalue weighted by atomic mass is 10.1. The third-order valence-electron chi connectivity index (χ3n) is 4.06. The molecule has 0 radical (unpaired) electrons.